The number of amides is 1. The predicted octanol–water partition coefficient (Wildman–Crippen LogP) is 0.598. The minimum Gasteiger partial charge on any atom is -0.374 e. The summed E-state index contributed by atoms with van der Waals surface area (Å²) in [5.74, 6) is 0.0424. The van der Waals surface area contributed by atoms with Gasteiger partial charge in [0.1, 0.15) is 0 Å². The number of nitrogens with zero attached hydrogens (tertiary/aromatic N) is 1. The third-order valence-corrected chi connectivity index (χ3v) is 5.72. The smallest absolute Gasteiger partial charge is 0.228 e. The fourth-order valence-corrected chi connectivity index (χ4v) is 4.74. The van der Waals surface area contributed by atoms with Crippen molar-refractivity contribution < 1.29 is 17.9 Å². The van der Waals surface area contributed by atoms with Gasteiger partial charge < -0.3 is 9.64 Å². The summed E-state index contributed by atoms with van der Waals surface area (Å²) in [6.45, 7) is 1.00. The van der Waals surface area contributed by atoms with E-state index in [0.717, 1.165) is 24.0 Å². The number of hydrogen-bond acceptors (Lipinski definition) is 5. The predicted molar refractivity (Wildman–Crippen MR) is 84.3 cm³/mol. The first-order valence-corrected chi connectivity index (χ1v) is 10.1. The highest BCUT2D eigenvalue weighted by molar-refractivity contribution is 7.88. The number of ether oxygens (including phenoxy) is 1. The standard InChI is InChI=1S/C14H20N2O4S2/c1-22(18,19)15-11-9-16(12-5-2-6-20-14(11)12)13(17)8-10-4-3-7-21-10/h3-4,7,11-12,14-15H,2,5-6,8-9H2,1H3/t11-,12-,14-/m1/s1. The van der Waals surface area contributed by atoms with Crippen LogP contribution >= 0.6 is 11.3 Å². The number of thiophene rings is 1. The number of hydrogen-bond donors (Lipinski definition) is 1. The molecule has 0 spiro atoms. The lowest BCUT2D eigenvalue weighted by Crippen LogP contribution is -2.47. The van der Waals surface area contributed by atoms with Gasteiger partial charge in [0.05, 0.1) is 30.9 Å². The van der Waals surface area contributed by atoms with Crippen LogP contribution in [-0.4, -0.2) is 56.8 Å². The second-order valence-corrected chi connectivity index (χ2v) is 8.66. The van der Waals surface area contributed by atoms with Crippen LogP contribution in [0.5, 0.6) is 0 Å². The van der Waals surface area contributed by atoms with Gasteiger partial charge in [-0.05, 0) is 24.3 Å². The third kappa shape index (κ3) is 3.51. The van der Waals surface area contributed by atoms with E-state index in [-0.39, 0.29) is 24.1 Å². The van der Waals surface area contributed by atoms with Crippen molar-refractivity contribution in [2.75, 3.05) is 19.4 Å². The summed E-state index contributed by atoms with van der Waals surface area (Å²) >= 11 is 1.56. The van der Waals surface area contributed by atoms with Gasteiger partial charge in [-0.15, -0.1) is 11.3 Å². The molecule has 0 radical (unpaired) electrons. The molecule has 3 atom stereocenters. The topological polar surface area (TPSA) is 75.7 Å². The van der Waals surface area contributed by atoms with Crippen molar-refractivity contribution in [3.8, 4) is 0 Å². The molecule has 8 heteroatoms. The Hall–Kier alpha value is -0.960. The molecule has 0 unspecified atom stereocenters. The van der Waals surface area contributed by atoms with Crippen molar-refractivity contribution in [3.63, 3.8) is 0 Å². The Labute approximate surface area is 134 Å². The van der Waals surface area contributed by atoms with E-state index in [1.54, 1.807) is 16.2 Å². The first-order valence-electron chi connectivity index (χ1n) is 7.35. The van der Waals surface area contributed by atoms with Gasteiger partial charge >= 0.3 is 0 Å². The number of nitrogens with one attached hydrogen (secondary N) is 1. The average molecular weight is 344 g/mol. The molecule has 0 saturated carbocycles. The molecule has 2 saturated heterocycles. The van der Waals surface area contributed by atoms with Crippen LogP contribution < -0.4 is 4.72 Å². The maximum absolute atomic E-state index is 12.6. The first kappa shape index (κ1) is 15.9. The normalized spacial score (nSPS) is 28.6. The van der Waals surface area contributed by atoms with Gasteiger partial charge in [0, 0.05) is 18.0 Å². The molecule has 2 aliphatic heterocycles. The molecule has 1 aromatic rings. The number of fused-ring (bicyclic) bond motifs is 1. The van der Waals surface area contributed by atoms with Gasteiger partial charge in [-0.25, -0.2) is 13.1 Å². The highest BCUT2D eigenvalue weighted by atomic mass is 32.2. The number of rotatable bonds is 4. The monoisotopic (exact) mass is 344 g/mol. The van der Waals surface area contributed by atoms with E-state index in [9.17, 15) is 13.2 Å². The molecule has 1 amide bonds. The van der Waals surface area contributed by atoms with Crippen molar-refractivity contribution in [1.29, 1.82) is 0 Å². The van der Waals surface area contributed by atoms with E-state index in [0.29, 0.717) is 19.6 Å². The molecule has 1 N–H and O–H groups in total. The van der Waals surface area contributed by atoms with E-state index < -0.39 is 10.0 Å². The minimum absolute atomic E-state index is 0.0273. The minimum atomic E-state index is -3.32. The summed E-state index contributed by atoms with van der Waals surface area (Å²) in [4.78, 5) is 15.4. The van der Waals surface area contributed by atoms with Gasteiger partial charge in [0.2, 0.25) is 15.9 Å². The zero-order valence-electron chi connectivity index (χ0n) is 12.4. The Morgan fingerprint density at radius 2 is 2.36 bits per heavy atom. The maximum atomic E-state index is 12.6. The lowest BCUT2D eigenvalue weighted by Gasteiger charge is -2.32. The largest absolute Gasteiger partial charge is 0.374 e. The van der Waals surface area contributed by atoms with Crippen LogP contribution in [0.1, 0.15) is 17.7 Å². The Morgan fingerprint density at radius 1 is 1.55 bits per heavy atom. The molecule has 2 aliphatic rings. The van der Waals surface area contributed by atoms with Gasteiger partial charge in [0.15, 0.2) is 0 Å². The molecule has 22 heavy (non-hydrogen) atoms. The highest BCUT2D eigenvalue weighted by Crippen LogP contribution is 2.30. The van der Waals surface area contributed by atoms with Crippen molar-refractivity contribution in [2.45, 2.75) is 37.5 Å². The molecular formula is C14H20N2O4S2. The van der Waals surface area contributed by atoms with Gasteiger partial charge in [-0.1, -0.05) is 6.07 Å². The molecule has 6 nitrogen and oxygen atoms in total. The number of likely N-dealkylation sites (tertiary alicyclic amines) is 1. The highest BCUT2D eigenvalue weighted by Gasteiger charge is 2.46. The number of carbonyl (C=O) groups excluding carboxylic acids is 1. The van der Waals surface area contributed by atoms with E-state index in [1.807, 2.05) is 17.5 Å². The van der Waals surface area contributed by atoms with E-state index in [2.05, 4.69) is 4.72 Å². The average Bonchev–Trinajstić information content (AvgIpc) is 3.06. The van der Waals surface area contributed by atoms with E-state index >= 15 is 0 Å². The Bertz CT molecular complexity index is 629. The maximum Gasteiger partial charge on any atom is 0.228 e. The molecule has 2 fully saturated rings. The van der Waals surface area contributed by atoms with Gasteiger partial charge in [-0.2, -0.15) is 0 Å². The Kier molecular flexibility index (Phi) is 4.54. The summed E-state index contributed by atoms with van der Waals surface area (Å²) in [5.41, 5.74) is 0. The molecule has 0 bridgehead atoms. The molecular weight excluding hydrogens is 324 g/mol. The van der Waals surface area contributed by atoms with Crippen molar-refractivity contribution in [2.24, 2.45) is 0 Å². The van der Waals surface area contributed by atoms with Crippen LogP contribution in [0.3, 0.4) is 0 Å². The summed E-state index contributed by atoms with van der Waals surface area (Å²) in [6.07, 6.45) is 3.03. The SMILES string of the molecule is CS(=O)(=O)N[C@@H]1CN(C(=O)Cc2cccs2)[C@@H]2CCCO[C@@H]21. The zero-order valence-corrected chi connectivity index (χ0v) is 14.0. The summed E-state index contributed by atoms with van der Waals surface area (Å²) < 4.78 is 31.4. The molecule has 1 aromatic heterocycles. The van der Waals surface area contributed by atoms with Crippen molar-refractivity contribution in [1.82, 2.24) is 9.62 Å². The second-order valence-electron chi connectivity index (χ2n) is 5.84. The van der Waals surface area contributed by atoms with Crippen LogP contribution in [0.4, 0.5) is 0 Å². The molecule has 3 rings (SSSR count). The summed E-state index contributed by atoms with van der Waals surface area (Å²) in [5, 5.41) is 1.95. The van der Waals surface area contributed by atoms with Crippen LogP contribution in [0.25, 0.3) is 0 Å². The fourth-order valence-electron chi connectivity index (χ4n) is 3.29. The van der Waals surface area contributed by atoms with Crippen LogP contribution in [0, 0.1) is 0 Å². The lowest BCUT2D eigenvalue weighted by atomic mass is 10.0. The molecule has 0 aromatic carbocycles. The van der Waals surface area contributed by atoms with E-state index in [4.69, 9.17) is 4.74 Å². The van der Waals surface area contributed by atoms with Gasteiger partial charge in [-0.3, -0.25) is 4.79 Å². The molecule has 0 aliphatic carbocycles. The van der Waals surface area contributed by atoms with Crippen LogP contribution in [0.15, 0.2) is 17.5 Å². The Balaban J connectivity index is 1.74. The van der Waals surface area contributed by atoms with Crippen LogP contribution in [-0.2, 0) is 26.0 Å². The van der Waals surface area contributed by atoms with Crippen LogP contribution in [0.2, 0.25) is 0 Å². The third-order valence-electron chi connectivity index (χ3n) is 4.12. The first-order chi connectivity index (χ1) is 10.4. The fraction of sp³-hybridized carbons (Fsp3) is 0.643. The lowest BCUT2D eigenvalue weighted by molar-refractivity contribution is -0.133. The van der Waals surface area contributed by atoms with Crippen molar-refractivity contribution >= 4 is 27.3 Å². The van der Waals surface area contributed by atoms with E-state index in [1.165, 1.54) is 0 Å². The van der Waals surface area contributed by atoms with Gasteiger partial charge in [0.25, 0.3) is 0 Å². The summed E-state index contributed by atoms with van der Waals surface area (Å²) in [6, 6.07) is 3.49. The quantitative estimate of drug-likeness (QED) is 0.868. The number of sulfonamides is 1. The second kappa shape index (κ2) is 6.27. The number of carbonyl (C=O) groups is 1. The summed E-state index contributed by atoms with van der Waals surface area (Å²) in [7, 11) is -3.32. The van der Waals surface area contributed by atoms with Crippen molar-refractivity contribution in [3.05, 3.63) is 22.4 Å². The Morgan fingerprint density at radius 3 is 3.05 bits per heavy atom. The molecule has 122 valence electrons. The molecule has 3 heterocycles. The zero-order chi connectivity index (χ0) is 15.7.